The van der Waals surface area contributed by atoms with Crippen molar-refractivity contribution in [2.45, 2.75) is 13.3 Å². The summed E-state index contributed by atoms with van der Waals surface area (Å²) >= 11 is 3.09. The maximum Gasteiger partial charge on any atom is 0.246 e. The monoisotopic (exact) mass is 382 g/mol. The molecule has 4 rings (SSSR count). The highest BCUT2D eigenvalue weighted by Crippen LogP contribution is 2.30. The lowest BCUT2D eigenvalue weighted by Crippen LogP contribution is -2.19. The number of para-hydroxylation sites is 1. The number of hydrogen-bond acceptors (Lipinski definition) is 7. The van der Waals surface area contributed by atoms with E-state index in [4.69, 9.17) is 4.42 Å². The van der Waals surface area contributed by atoms with Crippen LogP contribution in [0.4, 0.5) is 0 Å². The highest BCUT2D eigenvalue weighted by Gasteiger charge is 2.10. The van der Waals surface area contributed by atoms with Gasteiger partial charge in [0.05, 0.1) is 33.6 Å². The van der Waals surface area contributed by atoms with Gasteiger partial charge in [0.2, 0.25) is 5.91 Å². The van der Waals surface area contributed by atoms with E-state index in [9.17, 15) is 4.79 Å². The average molecular weight is 382 g/mol. The molecule has 0 atom stereocenters. The van der Waals surface area contributed by atoms with Crippen LogP contribution in [-0.4, -0.2) is 22.1 Å². The van der Waals surface area contributed by atoms with Gasteiger partial charge in [-0.3, -0.25) is 4.79 Å². The predicted molar refractivity (Wildman–Crippen MR) is 104 cm³/mol. The molecule has 3 heterocycles. The lowest BCUT2D eigenvalue weighted by atomic mass is 10.3. The van der Waals surface area contributed by atoms with Gasteiger partial charge in [-0.1, -0.05) is 12.1 Å². The zero-order valence-electron chi connectivity index (χ0n) is 13.8. The molecule has 1 aromatic carbocycles. The molecule has 0 bridgehead atoms. The summed E-state index contributed by atoms with van der Waals surface area (Å²) in [6, 6.07) is 11.6. The molecule has 1 amide bonds. The van der Waals surface area contributed by atoms with Crippen molar-refractivity contribution in [1.82, 2.24) is 15.4 Å². The van der Waals surface area contributed by atoms with Gasteiger partial charge in [-0.25, -0.2) is 15.4 Å². The van der Waals surface area contributed by atoms with Crippen molar-refractivity contribution in [2.24, 2.45) is 5.10 Å². The van der Waals surface area contributed by atoms with Crippen molar-refractivity contribution >= 4 is 45.0 Å². The fraction of sp³-hybridized carbons (Fsp3) is 0.111. The van der Waals surface area contributed by atoms with Gasteiger partial charge in [-0.05, 0) is 31.2 Å². The molecule has 26 heavy (non-hydrogen) atoms. The number of amides is 1. The molecule has 0 aliphatic heterocycles. The fourth-order valence-corrected chi connectivity index (χ4v) is 3.92. The van der Waals surface area contributed by atoms with Crippen LogP contribution in [0.2, 0.25) is 0 Å². The van der Waals surface area contributed by atoms with E-state index in [1.165, 1.54) is 17.6 Å². The molecule has 8 heteroatoms. The van der Waals surface area contributed by atoms with Gasteiger partial charge in [-0.2, -0.15) is 5.10 Å². The Hall–Kier alpha value is -2.84. The first-order valence-electron chi connectivity index (χ1n) is 7.86. The summed E-state index contributed by atoms with van der Waals surface area (Å²) in [5, 5.41) is 7.56. The van der Waals surface area contributed by atoms with E-state index >= 15 is 0 Å². The summed E-state index contributed by atoms with van der Waals surface area (Å²) < 4.78 is 6.85. The molecule has 0 saturated carbocycles. The molecular weight excluding hydrogens is 368 g/mol. The number of carbonyl (C=O) groups is 1. The predicted octanol–water partition coefficient (Wildman–Crippen LogP) is 4.01. The van der Waals surface area contributed by atoms with Crippen LogP contribution in [0.25, 0.3) is 21.0 Å². The van der Waals surface area contributed by atoms with E-state index in [0.717, 1.165) is 25.9 Å². The minimum Gasteiger partial charge on any atom is -0.453 e. The van der Waals surface area contributed by atoms with E-state index in [1.54, 1.807) is 17.4 Å². The van der Waals surface area contributed by atoms with Crippen molar-refractivity contribution in [2.75, 3.05) is 0 Å². The van der Waals surface area contributed by atoms with Crippen LogP contribution in [0.1, 0.15) is 16.5 Å². The number of nitrogens with one attached hydrogen (secondary N) is 1. The summed E-state index contributed by atoms with van der Waals surface area (Å²) in [6.45, 7) is 1.91. The maximum atomic E-state index is 11.8. The molecule has 0 radical (unpaired) electrons. The quantitative estimate of drug-likeness (QED) is 0.418. The standard InChI is InChI=1S/C18H14N4O2S2/c1-11-20-12(10-25-11)8-17(23)22-19-9-13-6-7-15(24-13)18-21-14-4-2-3-5-16(14)26-18/h2-7,9-10H,8H2,1H3,(H,22,23)/b19-9-. The van der Waals surface area contributed by atoms with Crippen LogP contribution >= 0.6 is 22.7 Å². The molecule has 0 aliphatic carbocycles. The third-order valence-electron chi connectivity index (χ3n) is 3.52. The van der Waals surface area contributed by atoms with Crippen LogP contribution in [0, 0.1) is 6.92 Å². The number of furan rings is 1. The average Bonchev–Trinajstić information content (AvgIpc) is 3.34. The highest BCUT2D eigenvalue weighted by atomic mass is 32.1. The van der Waals surface area contributed by atoms with Gasteiger partial charge in [0.25, 0.3) is 0 Å². The van der Waals surface area contributed by atoms with E-state index in [1.807, 2.05) is 42.6 Å². The number of thiazole rings is 2. The summed E-state index contributed by atoms with van der Waals surface area (Å²) in [5.74, 6) is 1.01. The second kappa shape index (κ2) is 7.19. The van der Waals surface area contributed by atoms with Crippen molar-refractivity contribution in [3.63, 3.8) is 0 Å². The molecule has 3 aromatic heterocycles. The number of nitrogens with zero attached hydrogens (tertiary/aromatic N) is 3. The molecule has 0 spiro atoms. The number of carbonyl (C=O) groups excluding carboxylic acids is 1. The van der Waals surface area contributed by atoms with Crippen LogP contribution in [0.3, 0.4) is 0 Å². The molecule has 0 fully saturated rings. The topological polar surface area (TPSA) is 80.4 Å². The van der Waals surface area contributed by atoms with E-state index in [0.29, 0.717) is 11.5 Å². The van der Waals surface area contributed by atoms with Gasteiger partial charge >= 0.3 is 0 Å². The van der Waals surface area contributed by atoms with Crippen molar-refractivity contribution in [3.05, 3.63) is 58.2 Å². The number of benzene rings is 1. The zero-order chi connectivity index (χ0) is 17.9. The first kappa shape index (κ1) is 16.6. The molecule has 6 nitrogen and oxygen atoms in total. The first-order valence-corrected chi connectivity index (χ1v) is 9.56. The van der Waals surface area contributed by atoms with Crippen LogP contribution < -0.4 is 5.43 Å². The molecule has 4 aromatic rings. The van der Waals surface area contributed by atoms with Crippen LogP contribution in [-0.2, 0) is 11.2 Å². The number of aryl methyl sites for hydroxylation is 1. The Morgan fingerprint density at radius 2 is 2.15 bits per heavy atom. The number of aromatic nitrogens is 2. The minimum atomic E-state index is -0.218. The normalized spacial score (nSPS) is 11.4. The molecule has 130 valence electrons. The lowest BCUT2D eigenvalue weighted by Gasteiger charge is -1.95. The highest BCUT2D eigenvalue weighted by molar-refractivity contribution is 7.21. The second-order valence-corrected chi connectivity index (χ2v) is 7.61. The molecular formula is C18H14N4O2S2. The maximum absolute atomic E-state index is 11.8. The number of hydrazone groups is 1. The first-order chi connectivity index (χ1) is 12.7. The fourth-order valence-electron chi connectivity index (χ4n) is 2.38. The Labute approximate surface area is 157 Å². The third kappa shape index (κ3) is 3.71. The van der Waals surface area contributed by atoms with E-state index < -0.39 is 0 Å². The summed E-state index contributed by atoms with van der Waals surface area (Å²) in [4.78, 5) is 20.7. The summed E-state index contributed by atoms with van der Waals surface area (Å²) in [7, 11) is 0. The van der Waals surface area contributed by atoms with E-state index in [-0.39, 0.29) is 12.3 Å². The Bertz CT molecular complexity index is 1060. The summed E-state index contributed by atoms with van der Waals surface area (Å²) in [6.07, 6.45) is 1.68. The molecule has 1 N–H and O–H groups in total. The van der Waals surface area contributed by atoms with Gasteiger partial charge in [-0.15, -0.1) is 22.7 Å². The Balaban J connectivity index is 1.39. The Morgan fingerprint density at radius 3 is 2.96 bits per heavy atom. The van der Waals surface area contributed by atoms with Crippen molar-refractivity contribution in [1.29, 1.82) is 0 Å². The molecule has 0 unspecified atom stereocenters. The Kier molecular flexibility index (Phi) is 4.59. The Morgan fingerprint density at radius 1 is 1.27 bits per heavy atom. The molecule has 0 aliphatic rings. The van der Waals surface area contributed by atoms with Crippen LogP contribution in [0.15, 0.2) is 51.3 Å². The SMILES string of the molecule is Cc1nc(CC(=O)N/N=C\c2ccc(-c3nc4ccccc4s3)o2)cs1. The second-order valence-electron chi connectivity index (χ2n) is 5.52. The largest absolute Gasteiger partial charge is 0.453 e. The number of fused-ring (bicyclic) bond motifs is 1. The van der Waals surface area contributed by atoms with Crippen LogP contribution in [0.5, 0.6) is 0 Å². The summed E-state index contributed by atoms with van der Waals surface area (Å²) in [5.41, 5.74) is 4.18. The zero-order valence-corrected chi connectivity index (χ0v) is 15.4. The molecule has 0 saturated heterocycles. The van der Waals surface area contributed by atoms with Crippen molar-refractivity contribution in [3.8, 4) is 10.8 Å². The smallest absolute Gasteiger partial charge is 0.246 e. The third-order valence-corrected chi connectivity index (χ3v) is 5.39. The number of rotatable bonds is 5. The number of hydrogen-bond donors (Lipinski definition) is 1. The lowest BCUT2D eigenvalue weighted by molar-refractivity contribution is -0.120. The van der Waals surface area contributed by atoms with Crippen molar-refractivity contribution < 1.29 is 9.21 Å². The van der Waals surface area contributed by atoms with Gasteiger partial charge in [0.15, 0.2) is 10.8 Å². The minimum absolute atomic E-state index is 0.205. The van der Waals surface area contributed by atoms with Gasteiger partial charge in [0, 0.05) is 5.38 Å². The van der Waals surface area contributed by atoms with E-state index in [2.05, 4.69) is 20.5 Å². The van der Waals surface area contributed by atoms with Gasteiger partial charge < -0.3 is 4.42 Å². The van der Waals surface area contributed by atoms with Gasteiger partial charge in [0.1, 0.15) is 5.76 Å².